The lowest BCUT2D eigenvalue weighted by molar-refractivity contribution is 0.0955. The summed E-state index contributed by atoms with van der Waals surface area (Å²) in [7, 11) is 1.70. The standard InChI is InChI=1S/C21H25N3O2/c1-16(22-23-21(25)17-8-4-3-5-9-17)18-10-11-20(26-2)19(14-18)15-24-12-6-7-13-24/h3-5,8-11,14H,6-7,12-13,15H2,1-2H3,(H,23,25)/b22-16-. The molecule has 0 spiro atoms. The van der Waals surface area contributed by atoms with Crippen LogP contribution in [0.25, 0.3) is 0 Å². The second-order valence-corrected chi connectivity index (χ2v) is 6.51. The van der Waals surface area contributed by atoms with Gasteiger partial charge in [-0.05, 0) is 68.8 Å². The summed E-state index contributed by atoms with van der Waals surface area (Å²) in [5.41, 5.74) is 6.11. The van der Waals surface area contributed by atoms with E-state index in [-0.39, 0.29) is 5.91 Å². The maximum Gasteiger partial charge on any atom is 0.271 e. The molecule has 0 bridgehead atoms. The molecule has 3 rings (SSSR count). The number of carbonyl (C=O) groups is 1. The van der Waals surface area contributed by atoms with Crippen molar-refractivity contribution in [2.75, 3.05) is 20.2 Å². The van der Waals surface area contributed by atoms with Crippen molar-refractivity contribution in [2.24, 2.45) is 5.10 Å². The Morgan fingerprint density at radius 2 is 1.85 bits per heavy atom. The maximum absolute atomic E-state index is 12.1. The Morgan fingerprint density at radius 3 is 2.54 bits per heavy atom. The van der Waals surface area contributed by atoms with Crippen LogP contribution in [-0.2, 0) is 6.54 Å². The summed E-state index contributed by atoms with van der Waals surface area (Å²) in [6.07, 6.45) is 2.52. The van der Waals surface area contributed by atoms with Gasteiger partial charge in [0, 0.05) is 17.7 Å². The van der Waals surface area contributed by atoms with Gasteiger partial charge in [0.25, 0.3) is 5.91 Å². The van der Waals surface area contributed by atoms with Crippen molar-refractivity contribution in [1.82, 2.24) is 10.3 Å². The van der Waals surface area contributed by atoms with Crippen molar-refractivity contribution in [1.29, 1.82) is 0 Å². The van der Waals surface area contributed by atoms with Crippen LogP contribution in [0.3, 0.4) is 0 Å². The van der Waals surface area contributed by atoms with Crippen LogP contribution in [0.1, 0.15) is 41.3 Å². The molecule has 5 heteroatoms. The van der Waals surface area contributed by atoms with E-state index in [9.17, 15) is 4.79 Å². The third kappa shape index (κ3) is 4.49. The lowest BCUT2D eigenvalue weighted by Gasteiger charge is -2.17. The van der Waals surface area contributed by atoms with Crippen molar-refractivity contribution < 1.29 is 9.53 Å². The molecular formula is C21H25N3O2. The van der Waals surface area contributed by atoms with Crippen LogP contribution in [0.2, 0.25) is 0 Å². The summed E-state index contributed by atoms with van der Waals surface area (Å²) in [5, 5.41) is 4.26. The van der Waals surface area contributed by atoms with Gasteiger partial charge in [0.05, 0.1) is 12.8 Å². The Bertz CT molecular complexity index is 781. The third-order valence-corrected chi connectivity index (χ3v) is 4.65. The topological polar surface area (TPSA) is 53.9 Å². The maximum atomic E-state index is 12.1. The van der Waals surface area contributed by atoms with Gasteiger partial charge in [-0.1, -0.05) is 18.2 Å². The SMILES string of the molecule is COc1ccc(/C(C)=N\NC(=O)c2ccccc2)cc1CN1CCCC1. The number of nitrogens with one attached hydrogen (secondary N) is 1. The molecule has 1 heterocycles. The number of likely N-dealkylation sites (tertiary alicyclic amines) is 1. The molecule has 1 fully saturated rings. The summed E-state index contributed by atoms with van der Waals surface area (Å²) in [6.45, 7) is 5.04. The highest BCUT2D eigenvalue weighted by Gasteiger charge is 2.15. The number of hydrogen-bond donors (Lipinski definition) is 1. The zero-order valence-corrected chi connectivity index (χ0v) is 15.4. The Labute approximate surface area is 154 Å². The van der Waals surface area contributed by atoms with Crippen molar-refractivity contribution in [3.05, 3.63) is 65.2 Å². The molecule has 2 aromatic rings. The number of carbonyl (C=O) groups excluding carboxylic acids is 1. The molecule has 2 aromatic carbocycles. The largest absolute Gasteiger partial charge is 0.496 e. The number of benzene rings is 2. The number of methoxy groups -OCH3 is 1. The zero-order valence-electron chi connectivity index (χ0n) is 15.4. The lowest BCUT2D eigenvalue weighted by atomic mass is 10.1. The first-order chi connectivity index (χ1) is 12.7. The van der Waals surface area contributed by atoms with E-state index in [0.29, 0.717) is 5.56 Å². The number of nitrogens with zero attached hydrogens (tertiary/aromatic N) is 2. The predicted octanol–water partition coefficient (Wildman–Crippen LogP) is 3.45. The Morgan fingerprint density at radius 1 is 1.12 bits per heavy atom. The summed E-state index contributed by atoms with van der Waals surface area (Å²) in [6, 6.07) is 15.1. The van der Waals surface area contributed by atoms with Gasteiger partial charge in [-0.2, -0.15) is 5.10 Å². The van der Waals surface area contributed by atoms with E-state index in [1.807, 2.05) is 37.3 Å². The molecule has 0 unspecified atom stereocenters. The lowest BCUT2D eigenvalue weighted by Crippen LogP contribution is -2.20. The molecule has 0 radical (unpaired) electrons. The van der Waals surface area contributed by atoms with E-state index in [0.717, 1.165) is 42.2 Å². The quantitative estimate of drug-likeness (QED) is 0.641. The monoisotopic (exact) mass is 351 g/mol. The van der Waals surface area contributed by atoms with Crippen molar-refractivity contribution in [3.63, 3.8) is 0 Å². The molecule has 5 nitrogen and oxygen atoms in total. The van der Waals surface area contributed by atoms with Gasteiger partial charge >= 0.3 is 0 Å². The fraction of sp³-hybridized carbons (Fsp3) is 0.333. The Kier molecular flexibility index (Phi) is 6.02. The van der Waals surface area contributed by atoms with Crippen LogP contribution in [0.5, 0.6) is 5.75 Å². The highest BCUT2D eigenvalue weighted by atomic mass is 16.5. The van der Waals surface area contributed by atoms with E-state index >= 15 is 0 Å². The second-order valence-electron chi connectivity index (χ2n) is 6.51. The molecule has 1 saturated heterocycles. The number of hydrogen-bond acceptors (Lipinski definition) is 4. The number of amides is 1. The molecule has 0 aromatic heterocycles. The molecule has 0 saturated carbocycles. The summed E-state index contributed by atoms with van der Waals surface area (Å²) < 4.78 is 5.51. The molecule has 26 heavy (non-hydrogen) atoms. The summed E-state index contributed by atoms with van der Waals surface area (Å²) >= 11 is 0. The van der Waals surface area contributed by atoms with E-state index in [1.165, 1.54) is 12.8 Å². The average molecular weight is 351 g/mol. The fourth-order valence-electron chi connectivity index (χ4n) is 3.16. The number of hydrazone groups is 1. The molecule has 136 valence electrons. The van der Waals surface area contributed by atoms with Gasteiger partial charge in [0.1, 0.15) is 5.75 Å². The van der Waals surface area contributed by atoms with Crippen LogP contribution >= 0.6 is 0 Å². The minimum absolute atomic E-state index is 0.212. The zero-order chi connectivity index (χ0) is 18.4. The van der Waals surface area contributed by atoms with Gasteiger partial charge in [-0.3, -0.25) is 9.69 Å². The van der Waals surface area contributed by atoms with Gasteiger partial charge in [0.2, 0.25) is 0 Å². The van der Waals surface area contributed by atoms with E-state index in [4.69, 9.17) is 4.74 Å². The minimum atomic E-state index is -0.212. The predicted molar refractivity (Wildman–Crippen MR) is 104 cm³/mol. The molecule has 1 N–H and O–H groups in total. The van der Waals surface area contributed by atoms with E-state index in [1.54, 1.807) is 19.2 Å². The van der Waals surface area contributed by atoms with Crippen LogP contribution in [0.4, 0.5) is 0 Å². The highest BCUT2D eigenvalue weighted by molar-refractivity contribution is 6.01. The van der Waals surface area contributed by atoms with Gasteiger partial charge in [-0.15, -0.1) is 0 Å². The normalized spacial score (nSPS) is 15.1. The Hall–Kier alpha value is -2.66. The Balaban J connectivity index is 1.73. The first kappa shape index (κ1) is 18.1. The van der Waals surface area contributed by atoms with Gasteiger partial charge in [-0.25, -0.2) is 5.43 Å². The highest BCUT2D eigenvalue weighted by Crippen LogP contribution is 2.23. The molecule has 1 aliphatic heterocycles. The first-order valence-electron chi connectivity index (χ1n) is 8.96. The third-order valence-electron chi connectivity index (χ3n) is 4.65. The molecule has 1 amide bonds. The molecule has 0 atom stereocenters. The number of rotatable bonds is 6. The van der Waals surface area contributed by atoms with Crippen LogP contribution < -0.4 is 10.2 Å². The van der Waals surface area contributed by atoms with Crippen LogP contribution in [0, 0.1) is 0 Å². The van der Waals surface area contributed by atoms with Gasteiger partial charge < -0.3 is 4.74 Å². The average Bonchev–Trinajstić information content (AvgIpc) is 3.19. The summed E-state index contributed by atoms with van der Waals surface area (Å²) in [5.74, 6) is 0.678. The fourth-order valence-corrected chi connectivity index (χ4v) is 3.16. The second kappa shape index (κ2) is 8.63. The smallest absolute Gasteiger partial charge is 0.271 e. The molecule has 1 aliphatic rings. The summed E-state index contributed by atoms with van der Waals surface area (Å²) in [4.78, 5) is 14.6. The van der Waals surface area contributed by atoms with Crippen molar-refractivity contribution in [3.8, 4) is 5.75 Å². The van der Waals surface area contributed by atoms with Crippen LogP contribution in [-0.4, -0.2) is 36.7 Å². The molecule has 0 aliphatic carbocycles. The minimum Gasteiger partial charge on any atom is -0.496 e. The van der Waals surface area contributed by atoms with E-state index in [2.05, 4.69) is 21.5 Å². The molecular weight excluding hydrogens is 326 g/mol. The van der Waals surface area contributed by atoms with Crippen LogP contribution in [0.15, 0.2) is 53.6 Å². The van der Waals surface area contributed by atoms with Gasteiger partial charge in [0.15, 0.2) is 0 Å². The van der Waals surface area contributed by atoms with E-state index < -0.39 is 0 Å². The van der Waals surface area contributed by atoms with Crippen molar-refractivity contribution in [2.45, 2.75) is 26.3 Å². The van der Waals surface area contributed by atoms with Crippen molar-refractivity contribution >= 4 is 11.6 Å². The first-order valence-corrected chi connectivity index (χ1v) is 8.96. The number of ether oxygens (including phenoxy) is 1.